The number of nitrogens with one attached hydrogen (secondary N) is 1. The van der Waals surface area contributed by atoms with Gasteiger partial charge in [0.05, 0.1) is 12.2 Å². The van der Waals surface area contributed by atoms with Crippen LogP contribution in [0.2, 0.25) is 0 Å². The van der Waals surface area contributed by atoms with Gasteiger partial charge in [-0.2, -0.15) is 4.98 Å². The molecule has 1 N–H and O–H groups in total. The number of fused-ring (bicyclic) bond motifs is 3. The van der Waals surface area contributed by atoms with Crippen molar-refractivity contribution >= 4 is 28.8 Å². The molecule has 0 radical (unpaired) electrons. The molecule has 3 aromatic rings. The van der Waals surface area contributed by atoms with Crippen LogP contribution in [0.4, 0.5) is 11.6 Å². The molecule has 27 heavy (non-hydrogen) atoms. The second kappa shape index (κ2) is 6.42. The van der Waals surface area contributed by atoms with Crippen molar-refractivity contribution in [1.29, 1.82) is 0 Å². The smallest absolute Gasteiger partial charge is 0.338 e. The highest BCUT2D eigenvalue weighted by atomic mass is 16.5. The van der Waals surface area contributed by atoms with Crippen LogP contribution in [0.1, 0.15) is 23.7 Å². The number of carbonyl (C=O) groups is 1. The number of imidazole rings is 1. The molecule has 0 saturated carbocycles. The minimum atomic E-state index is -0.492. The molecular formula is C18H19N5O4. The summed E-state index contributed by atoms with van der Waals surface area (Å²) in [6, 6.07) is 7.06. The highest BCUT2D eigenvalue weighted by Gasteiger charge is 2.25. The average molecular weight is 369 g/mol. The fraction of sp³-hybridized carbons (Fsp3) is 0.333. The second-order valence-electron chi connectivity index (χ2n) is 6.33. The van der Waals surface area contributed by atoms with Crippen LogP contribution in [0.5, 0.6) is 0 Å². The van der Waals surface area contributed by atoms with Crippen molar-refractivity contribution in [3.05, 3.63) is 50.7 Å². The summed E-state index contributed by atoms with van der Waals surface area (Å²) in [7, 11) is 1.58. The molecule has 0 atom stereocenters. The van der Waals surface area contributed by atoms with Gasteiger partial charge in [0.2, 0.25) is 5.95 Å². The molecule has 0 saturated heterocycles. The molecule has 1 aliphatic rings. The third-order valence-electron chi connectivity index (χ3n) is 4.68. The number of anilines is 2. The molecule has 0 spiro atoms. The molecule has 1 aromatic carbocycles. The molecule has 0 aliphatic carbocycles. The van der Waals surface area contributed by atoms with Gasteiger partial charge in [-0.25, -0.2) is 9.59 Å². The third-order valence-corrected chi connectivity index (χ3v) is 4.68. The molecule has 0 bridgehead atoms. The number of carbonyl (C=O) groups excluding carboxylic acids is 1. The van der Waals surface area contributed by atoms with Crippen LogP contribution in [0.3, 0.4) is 0 Å². The highest BCUT2D eigenvalue weighted by Crippen LogP contribution is 2.30. The van der Waals surface area contributed by atoms with Gasteiger partial charge in [0.25, 0.3) is 5.56 Å². The molecule has 0 amide bonds. The first-order chi connectivity index (χ1) is 13.0. The predicted molar refractivity (Wildman–Crippen MR) is 99.6 cm³/mol. The van der Waals surface area contributed by atoms with Gasteiger partial charge in [0.15, 0.2) is 11.2 Å². The van der Waals surface area contributed by atoms with Gasteiger partial charge in [0.1, 0.15) is 0 Å². The van der Waals surface area contributed by atoms with E-state index in [0.717, 1.165) is 12.1 Å². The van der Waals surface area contributed by atoms with Gasteiger partial charge in [-0.1, -0.05) is 0 Å². The van der Waals surface area contributed by atoms with Crippen LogP contribution in [0, 0.1) is 0 Å². The SMILES string of the molecule is CCOC(=O)c1ccc(N2CCCn3c2nc2c3c(=O)[nH]c(=O)n2C)cc1. The van der Waals surface area contributed by atoms with Crippen LogP contribution >= 0.6 is 0 Å². The van der Waals surface area contributed by atoms with Crippen molar-refractivity contribution < 1.29 is 9.53 Å². The number of aromatic nitrogens is 4. The lowest BCUT2D eigenvalue weighted by molar-refractivity contribution is 0.0526. The zero-order chi connectivity index (χ0) is 19.1. The average Bonchev–Trinajstić information content (AvgIpc) is 3.07. The van der Waals surface area contributed by atoms with E-state index in [4.69, 9.17) is 4.74 Å². The summed E-state index contributed by atoms with van der Waals surface area (Å²) in [6.45, 7) is 3.45. The van der Waals surface area contributed by atoms with Gasteiger partial charge in [-0.05, 0) is 37.6 Å². The molecule has 9 heteroatoms. The quantitative estimate of drug-likeness (QED) is 0.695. The summed E-state index contributed by atoms with van der Waals surface area (Å²) < 4.78 is 8.17. The van der Waals surface area contributed by atoms with Crippen LogP contribution in [-0.4, -0.2) is 38.2 Å². The molecule has 3 heterocycles. The van der Waals surface area contributed by atoms with E-state index in [2.05, 4.69) is 9.97 Å². The van der Waals surface area contributed by atoms with Gasteiger partial charge in [-0.15, -0.1) is 0 Å². The number of nitrogens with zero attached hydrogens (tertiary/aromatic N) is 4. The van der Waals surface area contributed by atoms with Gasteiger partial charge in [-0.3, -0.25) is 14.3 Å². The van der Waals surface area contributed by atoms with Crippen LogP contribution in [0.25, 0.3) is 11.2 Å². The Morgan fingerprint density at radius 3 is 2.67 bits per heavy atom. The standard InChI is InChI=1S/C18H19N5O4/c1-3-27-16(25)11-5-7-12(8-6-11)22-9-4-10-23-13-14(19-17(22)23)21(2)18(26)20-15(13)24/h5-8H,3-4,9-10H2,1-2H3,(H,20,24,26). The monoisotopic (exact) mass is 369 g/mol. The Morgan fingerprint density at radius 1 is 1.22 bits per heavy atom. The van der Waals surface area contributed by atoms with Gasteiger partial charge < -0.3 is 14.2 Å². The van der Waals surface area contributed by atoms with Crippen molar-refractivity contribution in [3.8, 4) is 0 Å². The lowest BCUT2D eigenvalue weighted by Gasteiger charge is -2.29. The fourth-order valence-electron chi connectivity index (χ4n) is 3.36. The van der Waals surface area contributed by atoms with Crippen molar-refractivity contribution in [2.45, 2.75) is 19.9 Å². The number of rotatable bonds is 3. The van der Waals surface area contributed by atoms with Crippen molar-refractivity contribution in [2.24, 2.45) is 7.05 Å². The van der Waals surface area contributed by atoms with Crippen LogP contribution in [0.15, 0.2) is 33.9 Å². The first kappa shape index (κ1) is 17.1. The molecule has 140 valence electrons. The number of hydrogen-bond acceptors (Lipinski definition) is 6. The number of aromatic amines is 1. The van der Waals surface area contributed by atoms with E-state index in [1.165, 1.54) is 4.57 Å². The van der Waals surface area contributed by atoms with E-state index in [9.17, 15) is 14.4 Å². The summed E-state index contributed by atoms with van der Waals surface area (Å²) in [6.07, 6.45) is 0.820. The van der Waals surface area contributed by atoms with E-state index < -0.39 is 11.2 Å². The molecule has 2 aromatic heterocycles. The Bertz CT molecular complexity index is 1140. The normalized spacial score (nSPS) is 13.6. The summed E-state index contributed by atoms with van der Waals surface area (Å²) >= 11 is 0. The van der Waals surface area contributed by atoms with Crippen molar-refractivity contribution in [1.82, 2.24) is 19.1 Å². The second-order valence-corrected chi connectivity index (χ2v) is 6.33. The van der Waals surface area contributed by atoms with Crippen molar-refractivity contribution in [2.75, 3.05) is 18.1 Å². The first-order valence-electron chi connectivity index (χ1n) is 8.75. The summed E-state index contributed by atoms with van der Waals surface area (Å²) in [5.74, 6) is 0.239. The fourth-order valence-corrected chi connectivity index (χ4v) is 3.36. The minimum absolute atomic E-state index is 0.323. The number of H-pyrrole nitrogens is 1. The number of hydrogen-bond donors (Lipinski definition) is 1. The first-order valence-corrected chi connectivity index (χ1v) is 8.75. The summed E-state index contributed by atoms with van der Waals surface area (Å²) in [5.41, 5.74) is 1.14. The summed E-state index contributed by atoms with van der Waals surface area (Å²) in [5, 5.41) is 0. The van der Waals surface area contributed by atoms with E-state index in [1.54, 1.807) is 26.1 Å². The number of esters is 1. The maximum atomic E-state index is 12.3. The van der Waals surface area contributed by atoms with Crippen molar-refractivity contribution in [3.63, 3.8) is 0 Å². The number of aryl methyl sites for hydroxylation is 2. The summed E-state index contributed by atoms with van der Waals surface area (Å²) in [4.78, 5) is 44.9. The maximum Gasteiger partial charge on any atom is 0.338 e. The van der Waals surface area contributed by atoms with E-state index >= 15 is 0 Å². The molecule has 4 rings (SSSR count). The molecular weight excluding hydrogens is 350 g/mol. The number of ether oxygens (including phenoxy) is 1. The van der Waals surface area contributed by atoms with Gasteiger partial charge >= 0.3 is 11.7 Å². The Labute approximate surface area is 153 Å². The van der Waals surface area contributed by atoms with E-state index in [-0.39, 0.29) is 5.97 Å². The highest BCUT2D eigenvalue weighted by molar-refractivity contribution is 5.90. The molecule has 0 unspecified atom stereocenters. The Morgan fingerprint density at radius 2 is 1.96 bits per heavy atom. The van der Waals surface area contributed by atoms with Gasteiger partial charge in [0, 0.05) is 25.8 Å². The Kier molecular flexibility index (Phi) is 4.06. The lowest BCUT2D eigenvalue weighted by Crippen LogP contribution is -2.31. The Balaban J connectivity index is 1.80. The predicted octanol–water partition coefficient (Wildman–Crippen LogP) is 1.14. The Hall–Kier alpha value is -3.36. The zero-order valence-electron chi connectivity index (χ0n) is 15.1. The molecule has 0 fully saturated rings. The minimum Gasteiger partial charge on any atom is -0.462 e. The molecule has 9 nitrogen and oxygen atoms in total. The largest absolute Gasteiger partial charge is 0.462 e. The third kappa shape index (κ3) is 2.71. The van der Waals surface area contributed by atoms with E-state index in [1.807, 2.05) is 21.6 Å². The van der Waals surface area contributed by atoms with E-state index in [0.29, 0.717) is 42.4 Å². The van der Waals surface area contributed by atoms with Crippen LogP contribution in [-0.2, 0) is 18.3 Å². The number of benzene rings is 1. The molecule has 1 aliphatic heterocycles. The lowest BCUT2D eigenvalue weighted by atomic mass is 10.2. The zero-order valence-corrected chi connectivity index (χ0v) is 15.1. The van der Waals surface area contributed by atoms with Crippen LogP contribution < -0.4 is 16.1 Å². The topological polar surface area (TPSA) is 102 Å². The maximum absolute atomic E-state index is 12.3.